The maximum atomic E-state index is 11.6. The average molecular weight is 288 g/mol. The molecule has 1 fully saturated rings. The van der Waals surface area contributed by atoms with Crippen LogP contribution in [0, 0.1) is 0 Å². The lowest BCUT2D eigenvalue weighted by Gasteiger charge is -2.22. The number of ether oxygens (including phenoxy) is 2. The van der Waals surface area contributed by atoms with E-state index < -0.39 is 9.84 Å². The van der Waals surface area contributed by atoms with Crippen LogP contribution < -0.4 is 14.8 Å². The van der Waals surface area contributed by atoms with Crippen molar-refractivity contribution in [1.29, 1.82) is 0 Å². The van der Waals surface area contributed by atoms with E-state index in [4.69, 9.17) is 9.47 Å². The van der Waals surface area contributed by atoms with Crippen LogP contribution in [0.3, 0.4) is 0 Å². The largest absolute Gasteiger partial charge is 0.467 e. The van der Waals surface area contributed by atoms with Crippen molar-refractivity contribution in [2.45, 2.75) is 18.9 Å². The first-order valence-corrected chi connectivity index (χ1v) is 7.65. The van der Waals surface area contributed by atoms with Gasteiger partial charge in [0.1, 0.15) is 0 Å². The van der Waals surface area contributed by atoms with Crippen LogP contribution in [0.5, 0.6) is 12.0 Å². The summed E-state index contributed by atoms with van der Waals surface area (Å²) in [7, 11) is -0.111. The third-order valence-corrected chi connectivity index (χ3v) is 4.58. The van der Waals surface area contributed by atoms with E-state index in [0.717, 1.165) is 6.42 Å². The molecular formula is C10H16N4O4S. The Kier molecular flexibility index (Phi) is 4.03. The zero-order valence-electron chi connectivity index (χ0n) is 10.8. The molecule has 1 aromatic heterocycles. The van der Waals surface area contributed by atoms with Crippen molar-refractivity contribution >= 4 is 15.8 Å². The van der Waals surface area contributed by atoms with E-state index in [-0.39, 0.29) is 35.5 Å². The fraction of sp³-hybridized carbons (Fsp3) is 0.700. The normalized spacial score (nSPS) is 21.7. The second-order valence-electron chi connectivity index (χ2n) is 4.23. The minimum absolute atomic E-state index is 0.0866. The molecule has 8 nitrogen and oxygen atoms in total. The summed E-state index contributed by atoms with van der Waals surface area (Å²) in [5, 5.41) is 2.98. The van der Waals surface area contributed by atoms with Crippen molar-refractivity contribution in [1.82, 2.24) is 15.0 Å². The van der Waals surface area contributed by atoms with Crippen LogP contribution in [0.4, 0.5) is 5.95 Å². The number of aromatic nitrogens is 3. The molecule has 19 heavy (non-hydrogen) atoms. The summed E-state index contributed by atoms with van der Waals surface area (Å²) in [4.78, 5) is 11.9. The molecule has 0 amide bonds. The minimum atomic E-state index is -2.98. The first-order valence-electron chi connectivity index (χ1n) is 5.83. The van der Waals surface area contributed by atoms with Gasteiger partial charge in [-0.2, -0.15) is 9.97 Å². The maximum absolute atomic E-state index is 11.6. The van der Waals surface area contributed by atoms with E-state index in [1.165, 1.54) is 14.2 Å². The van der Waals surface area contributed by atoms with Crippen LogP contribution >= 0.6 is 0 Å². The topological polar surface area (TPSA) is 103 Å². The van der Waals surface area contributed by atoms with Gasteiger partial charge in [0, 0.05) is 6.04 Å². The molecule has 106 valence electrons. The van der Waals surface area contributed by atoms with E-state index in [9.17, 15) is 8.42 Å². The molecule has 0 radical (unpaired) electrons. The number of nitrogens with zero attached hydrogens (tertiary/aromatic N) is 3. The van der Waals surface area contributed by atoms with Gasteiger partial charge in [0.05, 0.1) is 25.7 Å². The van der Waals surface area contributed by atoms with Crippen molar-refractivity contribution in [3.63, 3.8) is 0 Å². The van der Waals surface area contributed by atoms with E-state index >= 15 is 0 Å². The van der Waals surface area contributed by atoms with Gasteiger partial charge in [-0.05, 0) is 12.8 Å². The molecule has 0 bridgehead atoms. The van der Waals surface area contributed by atoms with Crippen molar-refractivity contribution in [2.24, 2.45) is 0 Å². The quantitative estimate of drug-likeness (QED) is 0.817. The molecular weight excluding hydrogens is 272 g/mol. The Morgan fingerprint density at radius 1 is 1.16 bits per heavy atom. The fourth-order valence-electron chi connectivity index (χ4n) is 1.90. The molecule has 1 aliphatic heterocycles. The lowest BCUT2D eigenvalue weighted by atomic mass is 10.2. The molecule has 0 saturated carbocycles. The van der Waals surface area contributed by atoms with Gasteiger partial charge in [-0.15, -0.1) is 4.98 Å². The van der Waals surface area contributed by atoms with Gasteiger partial charge < -0.3 is 14.8 Å². The number of hydrogen-bond acceptors (Lipinski definition) is 8. The predicted octanol–water partition coefficient (Wildman–Crippen LogP) is -0.122. The summed E-state index contributed by atoms with van der Waals surface area (Å²) in [6.07, 6.45) is 1.40. The summed E-state index contributed by atoms with van der Waals surface area (Å²) in [5.41, 5.74) is 0. The summed E-state index contributed by atoms with van der Waals surface area (Å²) >= 11 is 0. The molecule has 0 aromatic carbocycles. The van der Waals surface area contributed by atoms with Gasteiger partial charge in [-0.3, -0.25) is 0 Å². The van der Waals surface area contributed by atoms with Crippen LogP contribution in [-0.4, -0.2) is 55.1 Å². The van der Waals surface area contributed by atoms with E-state index in [0.29, 0.717) is 6.42 Å². The Hall–Kier alpha value is -1.64. The third kappa shape index (κ3) is 3.66. The number of hydrogen-bond donors (Lipinski definition) is 1. The molecule has 2 heterocycles. The molecule has 1 atom stereocenters. The number of sulfone groups is 1. The standard InChI is InChI=1S/C10H16N4O4S/c1-17-9-12-8(13-10(14-9)18-2)11-7-4-3-5-19(15,16)6-7/h7H,3-6H2,1-2H3,(H,11,12,13,14). The Morgan fingerprint density at radius 2 is 1.79 bits per heavy atom. The van der Waals surface area contributed by atoms with Gasteiger partial charge in [0.25, 0.3) is 0 Å². The number of nitrogens with one attached hydrogen (secondary N) is 1. The number of methoxy groups -OCH3 is 2. The molecule has 2 rings (SSSR count). The third-order valence-electron chi connectivity index (χ3n) is 2.76. The summed E-state index contributed by atoms with van der Waals surface area (Å²) in [6.45, 7) is 0. The highest BCUT2D eigenvalue weighted by Crippen LogP contribution is 2.18. The molecule has 1 N–H and O–H groups in total. The molecule has 1 unspecified atom stereocenters. The zero-order chi connectivity index (χ0) is 13.9. The van der Waals surface area contributed by atoms with Crippen LogP contribution in [0.25, 0.3) is 0 Å². The summed E-state index contributed by atoms with van der Waals surface area (Å²) in [5.74, 6) is 0.587. The Morgan fingerprint density at radius 3 is 2.32 bits per heavy atom. The Balaban J connectivity index is 2.14. The second kappa shape index (κ2) is 5.55. The van der Waals surface area contributed by atoms with E-state index in [2.05, 4.69) is 20.3 Å². The molecule has 0 spiro atoms. The number of anilines is 1. The lowest BCUT2D eigenvalue weighted by molar-refractivity contribution is 0.341. The van der Waals surface area contributed by atoms with Crippen molar-refractivity contribution < 1.29 is 17.9 Å². The summed E-state index contributed by atoms with van der Waals surface area (Å²) in [6, 6.07) is 0.0385. The van der Waals surface area contributed by atoms with Crippen LogP contribution in [0.15, 0.2) is 0 Å². The van der Waals surface area contributed by atoms with Gasteiger partial charge in [0.15, 0.2) is 9.84 Å². The SMILES string of the molecule is COc1nc(NC2CCCS(=O)(=O)C2)nc(OC)n1. The minimum Gasteiger partial charge on any atom is -0.467 e. The molecule has 1 aliphatic rings. The van der Waals surface area contributed by atoms with Gasteiger partial charge in [-0.25, -0.2) is 8.42 Å². The predicted molar refractivity (Wildman–Crippen MR) is 68.2 cm³/mol. The van der Waals surface area contributed by atoms with Gasteiger partial charge >= 0.3 is 12.0 Å². The van der Waals surface area contributed by atoms with E-state index in [1.807, 2.05) is 0 Å². The van der Waals surface area contributed by atoms with Crippen LogP contribution in [0.2, 0.25) is 0 Å². The van der Waals surface area contributed by atoms with Crippen molar-refractivity contribution in [2.75, 3.05) is 31.0 Å². The smallest absolute Gasteiger partial charge is 0.324 e. The number of rotatable bonds is 4. The van der Waals surface area contributed by atoms with Crippen molar-refractivity contribution in [3.05, 3.63) is 0 Å². The van der Waals surface area contributed by atoms with E-state index in [1.54, 1.807) is 0 Å². The first kappa shape index (κ1) is 13.8. The monoisotopic (exact) mass is 288 g/mol. The molecule has 9 heteroatoms. The Labute approximate surface area is 111 Å². The summed E-state index contributed by atoms with van der Waals surface area (Å²) < 4.78 is 33.0. The highest BCUT2D eigenvalue weighted by molar-refractivity contribution is 7.91. The Bertz CT molecular complexity index is 526. The zero-order valence-corrected chi connectivity index (χ0v) is 11.6. The molecule has 1 saturated heterocycles. The second-order valence-corrected chi connectivity index (χ2v) is 6.46. The maximum Gasteiger partial charge on any atom is 0.324 e. The van der Waals surface area contributed by atoms with Crippen LogP contribution in [-0.2, 0) is 9.84 Å². The van der Waals surface area contributed by atoms with Gasteiger partial charge in [-0.1, -0.05) is 0 Å². The fourth-order valence-corrected chi connectivity index (χ4v) is 3.54. The highest BCUT2D eigenvalue weighted by Gasteiger charge is 2.25. The van der Waals surface area contributed by atoms with Crippen molar-refractivity contribution in [3.8, 4) is 12.0 Å². The van der Waals surface area contributed by atoms with Crippen LogP contribution in [0.1, 0.15) is 12.8 Å². The molecule has 0 aliphatic carbocycles. The highest BCUT2D eigenvalue weighted by atomic mass is 32.2. The molecule has 1 aromatic rings. The lowest BCUT2D eigenvalue weighted by Crippen LogP contribution is -2.35. The van der Waals surface area contributed by atoms with Gasteiger partial charge in [0.2, 0.25) is 5.95 Å². The first-order chi connectivity index (χ1) is 9.02. The average Bonchev–Trinajstić information content (AvgIpc) is 2.37.